The van der Waals surface area contributed by atoms with Gasteiger partial charge in [0.25, 0.3) is 0 Å². The number of ether oxygens (including phenoxy) is 1. The van der Waals surface area contributed by atoms with Crippen LogP contribution in [0.15, 0.2) is 24.3 Å². The van der Waals surface area contributed by atoms with E-state index in [1.807, 2.05) is 20.8 Å². The van der Waals surface area contributed by atoms with E-state index < -0.39 is 17.3 Å². The monoisotopic (exact) mass is 372 g/mol. The van der Waals surface area contributed by atoms with Gasteiger partial charge in [-0.2, -0.15) is 13.2 Å². The minimum Gasteiger partial charge on any atom is -0.444 e. The first-order valence-electron chi connectivity index (χ1n) is 8.81. The molecule has 2 rings (SSSR count). The number of nitrogens with zero attached hydrogens (tertiary/aromatic N) is 1. The number of amides is 1. The number of likely N-dealkylation sites (N-methyl/N-ethyl adjacent to an activating group) is 1. The molecule has 7 heteroatoms. The van der Waals surface area contributed by atoms with Crippen LogP contribution >= 0.6 is 0 Å². The van der Waals surface area contributed by atoms with Crippen molar-refractivity contribution >= 4 is 6.09 Å². The molecular weight excluding hydrogens is 345 g/mol. The SMILES string of the molecule is CNCC(c1cccc(C(F)(F)F)c1)C1CCN(C(=O)OC(C)(C)C)C1. The van der Waals surface area contributed by atoms with E-state index in [2.05, 4.69) is 5.32 Å². The zero-order chi connectivity index (χ0) is 19.5. The maximum absolute atomic E-state index is 13.0. The summed E-state index contributed by atoms with van der Waals surface area (Å²) in [4.78, 5) is 13.9. The minimum atomic E-state index is -4.36. The molecule has 4 nitrogen and oxygen atoms in total. The zero-order valence-corrected chi connectivity index (χ0v) is 15.7. The summed E-state index contributed by atoms with van der Waals surface area (Å²) in [6, 6.07) is 5.48. The first-order chi connectivity index (χ1) is 12.0. The van der Waals surface area contributed by atoms with E-state index in [0.29, 0.717) is 25.2 Å². The number of carbonyl (C=O) groups is 1. The summed E-state index contributed by atoms with van der Waals surface area (Å²) in [6.45, 7) is 7.02. The number of halogens is 3. The first-order valence-corrected chi connectivity index (χ1v) is 8.81. The van der Waals surface area contributed by atoms with Crippen LogP contribution in [0.1, 0.15) is 44.2 Å². The Bertz CT molecular complexity index is 626. The Hall–Kier alpha value is -1.76. The van der Waals surface area contributed by atoms with Crippen molar-refractivity contribution < 1.29 is 22.7 Å². The molecule has 1 heterocycles. The van der Waals surface area contributed by atoms with E-state index in [0.717, 1.165) is 12.5 Å². The van der Waals surface area contributed by atoms with E-state index in [9.17, 15) is 18.0 Å². The lowest BCUT2D eigenvalue weighted by Crippen LogP contribution is -2.36. The molecule has 1 saturated heterocycles. The predicted molar refractivity (Wildman–Crippen MR) is 94.0 cm³/mol. The Morgan fingerprint density at radius 1 is 1.35 bits per heavy atom. The molecule has 146 valence electrons. The topological polar surface area (TPSA) is 41.6 Å². The molecule has 2 unspecified atom stereocenters. The lowest BCUT2D eigenvalue weighted by molar-refractivity contribution is -0.137. The average Bonchev–Trinajstić information content (AvgIpc) is 3.00. The second-order valence-corrected chi connectivity index (χ2v) is 7.76. The van der Waals surface area contributed by atoms with Crippen molar-refractivity contribution in [1.82, 2.24) is 10.2 Å². The summed E-state index contributed by atoms with van der Waals surface area (Å²) >= 11 is 0. The van der Waals surface area contributed by atoms with Gasteiger partial charge in [0.2, 0.25) is 0 Å². The molecule has 1 amide bonds. The van der Waals surface area contributed by atoms with Crippen LogP contribution in [0, 0.1) is 5.92 Å². The van der Waals surface area contributed by atoms with Crippen molar-refractivity contribution in [2.24, 2.45) is 5.92 Å². The fraction of sp³-hybridized carbons (Fsp3) is 0.632. The molecule has 0 bridgehead atoms. The summed E-state index contributed by atoms with van der Waals surface area (Å²) in [6.07, 6.45) is -3.99. The van der Waals surface area contributed by atoms with Crippen molar-refractivity contribution in [2.75, 3.05) is 26.7 Å². The highest BCUT2D eigenvalue weighted by Crippen LogP contribution is 2.36. The van der Waals surface area contributed by atoms with Gasteiger partial charge in [0.15, 0.2) is 0 Å². The Balaban J connectivity index is 2.15. The van der Waals surface area contributed by atoms with Crippen LogP contribution in [-0.4, -0.2) is 43.3 Å². The molecule has 0 aliphatic carbocycles. The third-order valence-electron chi connectivity index (χ3n) is 4.51. The summed E-state index contributed by atoms with van der Waals surface area (Å²) in [5.41, 5.74) is -0.566. The number of alkyl halides is 3. The minimum absolute atomic E-state index is 0.0819. The van der Waals surface area contributed by atoms with Crippen molar-refractivity contribution in [3.63, 3.8) is 0 Å². The van der Waals surface area contributed by atoms with Gasteiger partial charge < -0.3 is 15.0 Å². The molecule has 1 N–H and O–H groups in total. The smallest absolute Gasteiger partial charge is 0.416 e. The normalized spacial score (nSPS) is 19.5. The van der Waals surface area contributed by atoms with E-state index in [-0.39, 0.29) is 17.9 Å². The van der Waals surface area contributed by atoms with Gasteiger partial charge in [-0.3, -0.25) is 0 Å². The molecule has 1 aromatic carbocycles. The predicted octanol–water partition coefficient (Wildman–Crippen LogP) is 4.27. The number of rotatable bonds is 4. The quantitative estimate of drug-likeness (QED) is 0.858. The molecule has 0 spiro atoms. The molecule has 0 radical (unpaired) electrons. The van der Waals surface area contributed by atoms with Crippen molar-refractivity contribution in [3.05, 3.63) is 35.4 Å². The maximum atomic E-state index is 13.0. The third kappa shape index (κ3) is 5.37. The number of carbonyl (C=O) groups excluding carboxylic acids is 1. The van der Waals surface area contributed by atoms with Crippen molar-refractivity contribution in [2.45, 2.75) is 44.9 Å². The fourth-order valence-electron chi connectivity index (χ4n) is 3.33. The molecule has 1 aromatic rings. The van der Waals surface area contributed by atoms with Crippen molar-refractivity contribution in [1.29, 1.82) is 0 Å². The van der Waals surface area contributed by atoms with Gasteiger partial charge in [0.05, 0.1) is 5.56 Å². The van der Waals surface area contributed by atoms with Crippen LogP contribution in [0.5, 0.6) is 0 Å². The molecule has 1 aliphatic heterocycles. The van der Waals surface area contributed by atoms with Crippen LogP contribution in [0.4, 0.5) is 18.0 Å². The second kappa shape index (κ2) is 7.86. The van der Waals surface area contributed by atoms with Gasteiger partial charge in [0.1, 0.15) is 5.60 Å². The molecule has 2 atom stereocenters. The van der Waals surface area contributed by atoms with Crippen molar-refractivity contribution in [3.8, 4) is 0 Å². The lowest BCUT2D eigenvalue weighted by atomic mass is 9.84. The number of nitrogens with one attached hydrogen (secondary N) is 1. The lowest BCUT2D eigenvalue weighted by Gasteiger charge is -2.27. The Labute approximate surface area is 152 Å². The second-order valence-electron chi connectivity index (χ2n) is 7.76. The highest BCUT2D eigenvalue weighted by atomic mass is 19.4. The number of likely N-dealkylation sites (tertiary alicyclic amines) is 1. The standard InChI is InChI=1S/C19H27F3N2O2/c1-18(2,3)26-17(25)24-9-8-14(12-24)16(11-23-4)13-6-5-7-15(10-13)19(20,21)22/h5-7,10,14,16,23H,8-9,11-12H2,1-4H3. The molecule has 26 heavy (non-hydrogen) atoms. The summed E-state index contributed by atoms with van der Waals surface area (Å²) < 4.78 is 44.5. The number of benzene rings is 1. The molecule has 0 aromatic heterocycles. The summed E-state index contributed by atoms with van der Waals surface area (Å²) in [7, 11) is 1.78. The zero-order valence-electron chi connectivity index (χ0n) is 15.7. The van der Waals surface area contributed by atoms with E-state index in [1.165, 1.54) is 12.1 Å². The number of hydrogen-bond acceptors (Lipinski definition) is 3. The van der Waals surface area contributed by atoms with Gasteiger partial charge >= 0.3 is 12.3 Å². The van der Waals surface area contributed by atoms with Gasteiger partial charge in [-0.15, -0.1) is 0 Å². The van der Waals surface area contributed by atoms with E-state index in [4.69, 9.17) is 4.74 Å². The summed E-state index contributed by atoms with van der Waals surface area (Å²) in [5, 5.41) is 3.07. The Morgan fingerprint density at radius 3 is 2.62 bits per heavy atom. The molecule has 1 aliphatic rings. The Kier molecular flexibility index (Phi) is 6.21. The molecular formula is C19H27F3N2O2. The highest BCUT2D eigenvalue weighted by molar-refractivity contribution is 5.68. The highest BCUT2D eigenvalue weighted by Gasteiger charge is 2.36. The molecule has 1 fully saturated rings. The first kappa shape index (κ1) is 20.6. The van der Waals surface area contributed by atoms with Crippen LogP contribution < -0.4 is 5.32 Å². The van der Waals surface area contributed by atoms with E-state index >= 15 is 0 Å². The largest absolute Gasteiger partial charge is 0.444 e. The van der Waals surface area contributed by atoms with Gasteiger partial charge in [-0.25, -0.2) is 4.79 Å². The molecule has 0 saturated carbocycles. The van der Waals surface area contributed by atoms with Gasteiger partial charge in [-0.05, 0) is 51.8 Å². The van der Waals surface area contributed by atoms with E-state index in [1.54, 1.807) is 18.0 Å². The maximum Gasteiger partial charge on any atom is 0.416 e. The average molecular weight is 372 g/mol. The Morgan fingerprint density at radius 2 is 2.04 bits per heavy atom. The van der Waals surface area contributed by atoms with Crippen LogP contribution in [0.25, 0.3) is 0 Å². The fourth-order valence-corrected chi connectivity index (χ4v) is 3.33. The van der Waals surface area contributed by atoms with Crippen LogP contribution in [-0.2, 0) is 10.9 Å². The van der Waals surface area contributed by atoms with Gasteiger partial charge in [0, 0.05) is 25.6 Å². The number of hydrogen-bond donors (Lipinski definition) is 1. The van der Waals surface area contributed by atoms with Crippen LogP contribution in [0.2, 0.25) is 0 Å². The van der Waals surface area contributed by atoms with Gasteiger partial charge in [-0.1, -0.05) is 18.2 Å². The third-order valence-corrected chi connectivity index (χ3v) is 4.51. The van der Waals surface area contributed by atoms with Crippen LogP contribution in [0.3, 0.4) is 0 Å². The summed E-state index contributed by atoms with van der Waals surface area (Å²) in [5.74, 6) is -0.0202.